The van der Waals surface area contributed by atoms with Crippen molar-refractivity contribution in [2.45, 2.75) is 13.2 Å². The van der Waals surface area contributed by atoms with Crippen molar-refractivity contribution in [3.63, 3.8) is 0 Å². The predicted octanol–water partition coefficient (Wildman–Crippen LogP) is 4.15. The monoisotopic (exact) mass is 391 g/mol. The minimum absolute atomic E-state index is 0.142. The first-order chi connectivity index (χ1) is 14.1. The van der Waals surface area contributed by atoms with Crippen molar-refractivity contribution >= 4 is 17.3 Å². The highest BCUT2D eigenvalue weighted by atomic mass is 16.6. The van der Waals surface area contributed by atoms with Crippen LogP contribution in [-0.4, -0.2) is 17.9 Å². The third kappa shape index (κ3) is 5.32. The van der Waals surface area contributed by atoms with Gasteiger partial charge in [0.2, 0.25) is 0 Å². The van der Waals surface area contributed by atoms with Gasteiger partial charge in [-0.05, 0) is 35.4 Å². The highest BCUT2D eigenvalue weighted by Gasteiger charge is 2.16. The molecule has 0 aromatic heterocycles. The smallest absolute Gasteiger partial charge is 0.293 e. The summed E-state index contributed by atoms with van der Waals surface area (Å²) in [7, 11) is 1.59. The number of amides is 1. The lowest BCUT2D eigenvalue weighted by atomic mass is 10.1. The number of ether oxygens (including phenoxy) is 1. The molecule has 148 valence electrons. The van der Waals surface area contributed by atoms with Gasteiger partial charge in [0.25, 0.3) is 11.6 Å². The Kier molecular flexibility index (Phi) is 6.42. The maximum atomic E-state index is 12.4. The molecular formula is C22H21N3O4. The first kappa shape index (κ1) is 19.9. The number of nitrogens with one attached hydrogen (secondary N) is 2. The van der Waals surface area contributed by atoms with Crippen LogP contribution >= 0.6 is 0 Å². The summed E-state index contributed by atoms with van der Waals surface area (Å²) in [6, 6.07) is 21.6. The Morgan fingerprint density at radius 1 is 1.00 bits per heavy atom. The van der Waals surface area contributed by atoms with E-state index in [1.165, 1.54) is 12.1 Å². The van der Waals surface area contributed by atoms with Crippen molar-refractivity contribution < 1.29 is 14.5 Å². The van der Waals surface area contributed by atoms with Gasteiger partial charge in [-0.1, -0.05) is 42.5 Å². The number of carbonyl (C=O) groups is 1. The van der Waals surface area contributed by atoms with Crippen molar-refractivity contribution in [2.75, 3.05) is 12.4 Å². The van der Waals surface area contributed by atoms with E-state index in [0.717, 1.165) is 11.1 Å². The Balaban J connectivity index is 1.62. The summed E-state index contributed by atoms with van der Waals surface area (Å²) in [5.74, 6) is 0.320. The second kappa shape index (κ2) is 9.36. The quantitative estimate of drug-likeness (QED) is 0.444. The molecule has 7 heteroatoms. The van der Waals surface area contributed by atoms with E-state index in [-0.39, 0.29) is 23.7 Å². The van der Waals surface area contributed by atoms with E-state index in [4.69, 9.17) is 4.74 Å². The second-order valence-corrected chi connectivity index (χ2v) is 6.34. The van der Waals surface area contributed by atoms with E-state index in [0.29, 0.717) is 18.0 Å². The molecule has 2 N–H and O–H groups in total. The maximum absolute atomic E-state index is 12.4. The van der Waals surface area contributed by atoms with E-state index >= 15 is 0 Å². The van der Waals surface area contributed by atoms with Gasteiger partial charge in [-0.3, -0.25) is 14.9 Å². The molecule has 7 nitrogen and oxygen atoms in total. The van der Waals surface area contributed by atoms with E-state index in [1.807, 2.05) is 54.6 Å². The van der Waals surface area contributed by atoms with Gasteiger partial charge in [-0.15, -0.1) is 0 Å². The average Bonchev–Trinajstić information content (AvgIpc) is 2.76. The van der Waals surface area contributed by atoms with Crippen molar-refractivity contribution in [2.24, 2.45) is 0 Å². The highest BCUT2D eigenvalue weighted by Crippen LogP contribution is 2.25. The third-order valence-corrected chi connectivity index (χ3v) is 4.33. The summed E-state index contributed by atoms with van der Waals surface area (Å²) < 4.78 is 5.80. The van der Waals surface area contributed by atoms with Gasteiger partial charge >= 0.3 is 0 Å². The summed E-state index contributed by atoms with van der Waals surface area (Å²) >= 11 is 0. The largest absolute Gasteiger partial charge is 0.489 e. The standard InChI is InChI=1S/C22H21N3O4/c1-23-20-11-10-18(13-21(20)25(27)28)22(26)24-14-17-8-5-9-19(12-17)29-15-16-6-3-2-4-7-16/h2-13,23H,14-15H2,1H3,(H,24,26). The van der Waals surface area contributed by atoms with Crippen molar-refractivity contribution in [3.05, 3.63) is 99.6 Å². The summed E-state index contributed by atoms with van der Waals surface area (Å²) in [5, 5.41) is 16.7. The lowest BCUT2D eigenvalue weighted by molar-refractivity contribution is -0.384. The topological polar surface area (TPSA) is 93.5 Å². The van der Waals surface area contributed by atoms with E-state index in [9.17, 15) is 14.9 Å². The number of nitro benzene ring substituents is 1. The zero-order valence-electron chi connectivity index (χ0n) is 15.9. The minimum atomic E-state index is -0.518. The molecule has 3 rings (SSSR count). The summed E-state index contributed by atoms with van der Waals surface area (Å²) in [5.41, 5.74) is 2.38. The molecule has 29 heavy (non-hydrogen) atoms. The van der Waals surface area contributed by atoms with Crippen LogP contribution in [0.15, 0.2) is 72.8 Å². The van der Waals surface area contributed by atoms with Crippen LogP contribution in [0, 0.1) is 10.1 Å². The number of anilines is 1. The predicted molar refractivity (Wildman–Crippen MR) is 111 cm³/mol. The normalized spacial score (nSPS) is 10.2. The number of hydrogen-bond acceptors (Lipinski definition) is 5. The molecule has 0 aliphatic rings. The zero-order valence-corrected chi connectivity index (χ0v) is 15.9. The Morgan fingerprint density at radius 2 is 1.76 bits per heavy atom. The summed E-state index contributed by atoms with van der Waals surface area (Å²) in [6.45, 7) is 0.737. The fourth-order valence-electron chi connectivity index (χ4n) is 2.81. The van der Waals surface area contributed by atoms with E-state index in [2.05, 4.69) is 10.6 Å². The number of benzene rings is 3. The van der Waals surface area contributed by atoms with Crippen LogP contribution in [-0.2, 0) is 13.2 Å². The van der Waals surface area contributed by atoms with Crippen molar-refractivity contribution in [1.82, 2.24) is 5.32 Å². The van der Waals surface area contributed by atoms with Gasteiger partial charge < -0.3 is 15.4 Å². The number of rotatable bonds is 8. The van der Waals surface area contributed by atoms with Crippen LogP contribution in [0.4, 0.5) is 11.4 Å². The van der Waals surface area contributed by atoms with Crippen LogP contribution in [0.25, 0.3) is 0 Å². The Bertz CT molecular complexity index is 1010. The van der Waals surface area contributed by atoms with Gasteiger partial charge in [-0.2, -0.15) is 0 Å². The van der Waals surface area contributed by atoms with Gasteiger partial charge in [0.05, 0.1) is 4.92 Å². The lowest BCUT2D eigenvalue weighted by Gasteiger charge is -2.10. The average molecular weight is 391 g/mol. The molecule has 0 fully saturated rings. The molecule has 0 heterocycles. The van der Waals surface area contributed by atoms with Crippen LogP contribution in [0.2, 0.25) is 0 Å². The molecule has 0 radical (unpaired) electrons. The van der Waals surface area contributed by atoms with Gasteiger partial charge in [0, 0.05) is 25.2 Å². The van der Waals surface area contributed by atoms with Gasteiger partial charge in [0.15, 0.2) is 0 Å². The number of nitrogens with zero attached hydrogens (tertiary/aromatic N) is 1. The van der Waals surface area contributed by atoms with Crippen LogP contribution < -0.4 is 15.4 Å². The van der Waals surface area contributed by atoms with Crippen molar-refractivity contribution in [1.29, 1.82) is 0 Å². The first-order valence-corrected chi connectivity index (χ1v) is 9.07. The highest BCUT2D eigenvalue weighted by molar-refractivity contribution is 5.95. The summed E-state index contributed by atoms with van der Waals surface area (Å²) in [4.78, 5) is 23.0. The molecule has 0 saturated heterocycles. The first-order valence-electron chi connectivity index (χ1n) is 9.07. The molecule has 0 atom stereocenters. The molecule has 1 amide bonds. The molecule has 3 aromatic carbocycles. The van der Waals surface area contributed by atoms with Gasteiger partial charge in [0.1, 0.15) is 18.0 Å². The van der Waals surface area contributed by atoms with Crippen LogP contribution in [0.3, 0.4) is 0 Å². The lowest BCUT2D eigenvalue weighted by Crippen LogP contribution is -2.23. The SMILES string of the molecule is CNc1ccc(C(=O)NCc2cccc(OCc3ccccc3)c2)cc1[N+](=O)[O-]. The van der Waals surface area contributed by atoms with Gasteiger partial charge in [-0.25, -0.2) is 0 Å². The van der Waals surface area contributed by atoms with Crippen LogP contribution in [0.5, 0.6) is 5.75 Å². The molecule has 0 unspecified atom stereocenters. The molecule has 3 aromatic rings. The van der Waals surface area contributed by atoms with E-state index in [1.54, 1.807) is 13.1 Å². The Morgan fingerprint density at radius 3 is 2.48 bits per heavy atom. The maximum Gasteiger partial charge on any atom is 0.293 e. The molecular weight excluding hydrogens is 370 g/mol. The summed E-state index contributed by atoms with van der Waals surface area (Å²) in [6.07, 6.45) is 0. The minimum Gasteiger partial charge on any atom is -0.489 e. The third-order valence-electron chi connectivity index (χ3n) is 4.33. The van der Waals surface area contributed by atoms with Crippen molar-refractivity contribution in [3.8, 4) is 5.75 Å². The zero-order chi connectivity index (χ0) is 20.6. The number of hydrogen-bond donors (Lipinski definition) is 2. The Labute approximate surface area is 168 Å². The fourth-order valence-corrected chi connectivity index (χ4v) is 2.81. The molecule has 0 aliphatic heterocycles. The van der Waals surface area contributed by atoms with Crippen LogP contribution in [0.1, 0.15) is 21.5 Å². The molecule has 0 aliphatic carbocycles. The molecule has 0 bridgehead atoms. The number of nitro groups is 1. The Hall–Kier alpha value is -3.87. The second-order valence-electron chi connectivity index (χ2n) is 6.34. The number of carbonyl (C=O) groups excluding carboxylic acids is 1. The molecule has 0 saturated carbocycles. The molecule has 0 spiro atoms. The van der Waals surface area contributed by atoms with E-state index < -0.39 is 4.92 Å². The fraction of sp³-hybridized carbons (Fsp3) is 0.136.